The molecule has 12 aromatic carbocycles. The fourth-order valence-corrected chi connectivity index (χ4v) is 15.5. The molecule has 2 heteroatoms. The van der Waals surface area contributed by atoms with E-state index in [9.17, 15) is 0 Å². The summed E-state index contributed by atoms with van der Waals surface area (Å²) in [5.41, 5.74) is 25.9. The molecule has 2 heterocycles. The first-order valence-electron chi connectivity index (χ1n) is 28.3. The van der Waals surface area contributed by atoms with Crippen LogP contribution in [0.2, 0.25) is 0 Å². The molecule has 16 rings (SSSR count). The van der Waals surface area contributed by atoms with Crippen LogP contribution in [0, 0.1) is 0 Å². The molecule has 2 aliphatic heterocycles. The molecule has 12 aromatic rings. The molecule has 0 amide bonds. The number of nitrogens with zero attached hydrogens (tertiary/aromatic N) is 2. The summed E-state index contributed by atoms with van der Waals surface area (Å²) < 4.78 is 0. The van der Waals surface area contributed by atoms with Crippen molar-refractivity contribution in [2.75, 3.05) is 9.80 Å². The molecule has 0 bridgehead atoms. The molecule has 4 aliphatic rings. The smallest absolute Gasteiger partial charge is 0.0742 e. The van der Waals surface area contributed by atoms with Crippen molar-refractivity contribution in [3.63, 3.8) is 0 Å². The van der Waals surface area contributed by atoms with Gasteiger partial charge in [0.05, 0.1) is 45.0 Å². The Bertz CT molecular complexity index is 4110. The molecule has 380 valence electrons. The van der Waals surface area contributed by atoms with Crippen LogP contribution in [0.4, 0.5) is 34.1 Å². The maximum atomic E-state index is 2.61. The van der Waals surface area contributed by atoms with Gasteiger partial charge < -0.3 is 9.80 Å². The summed E-state index contributed by atoms with van der Waals surface area (Å²) in [6.07, 6.45) is 0. The van der Waals surface area contributed by atoms with Crippen LogP contribution < -0.4 is 9.80 Å². The third kappa shape index (κ3) is 6.08. The summed E-state index contributed by atoms with van der Waals surface area (Å²) in [6.45, 7) is 9.63. The lowest BCUT2D eigenvalue weighted by Crippen LogP contribution is -2.38. The van der Waals surface area contributed by atoms with Gasteiger partial charge >= 0.3 is 0 Å². The zero-order valence-corrected chi connectivity index (χ0v) is 45.5. The molecule has 2 nitrogen and oxygen atoms in total. The first-order valence-corrected chi connectivity index (χ1v) is 28.3. The number of benzene rings is 12. The summed E-state index contributed by atoms with van der Waals surface area (Å²) in [6, 6.07) is 106. The first kappa shape index (κ1) is 46.6. The van der Waals surface area contributed by atoms with Crippen molar-refractivity contribution in [3.05, 3.63) is 346 Å². The summed E-state index contributed by atoms with van der Waals surface area (Å²) >= 11 is 0. The van der Waals surface area contributed by atoms with Crippen molar-refractivity contribution in [2.45, 2.75) is 49.4 Å². The van der Waals surface area contributed by atoms with Gasteiger partial charge in [0.25, 0.3) is 0 Å². The summed E-state index contributed by atoms with van der Waals surface area (Å²) in [5.74, 6) is 0. The largest absolute Gasteiger partial charge is 0.309 e. The molecule has 0 saturated heterocycles. The number of anilines is 6. The van der Waals surface area contributed by atoms with Gasteiger partial charge in [-0.15, -0.1) is 0 Å². The lowest BCUT2D eigenvalue weighted by molar-refractivity contribution is 0.658. The highest BCUT2D eigenvalue weighted by Gasteiger charge is 2.51. The fraction of sp³-hybridized carbons (Fsp3) is 0.103. The van der Waals surface area contributed by atoms with Crippen LogP contribution in [0.15, 0.2) is 279 Å². The van der Waals surface area contributed by atoms with Crippen LogP contribution >= 0.6 is 0 Å². The van der Waals surface area contributed by atoms with E-state index in [0.717, 1.165) is 11.4 Å². The van der Waals surface area contributed by atoms with Gasteiger partial charge in [0.2, 0.25) is 0 Å². The van der Waals surface area contributed by atoms with Crippen LogP contribution in [-0.2, 0) is 21.7 Å². The fourth-order valence-electron chi connectivity index (χ4n) is 15.5. The standard InChI is InChI=1S/C78H58N2/c1-75(2)61-39-19-17-35-55(61)59-47-67-73(49-65(59)75)79(71-43-23-21-41-63(71)77(67,51-27-9-5-10-28-51)52-29-11-6-12-30-52)69-45-25-38-58-57(69)37-26-46-70(58)80-72-44-24-22-42-64(72)78(53-31-13-7-14-32-53,54-33-15-8-16-34-54)68-48-60-56-36-18-20-40-62(56)76(3,4)66(60)50-74(68)80/h5-50H,1-4H3. The maximum absolute atomic E-state index is 2.61. The minimum atomic E-state index is -0.643. The maximum Gasteiger partial charge on any atom is 0.0742 e. The quantitative estimate of drug-likeness (QED) is 0.164. The second-order valence-corrected chi connectivity index (χ2v) is 23.5. The Morgan fingerprint density at radius 2 is 0.512 bits per heavy atom. The van der Waals surface area contributed by atoms with Gasteiger partial charge in [-0.05, 0) is 138 Å². The average molecular weight is 1020 g/mol. The normalized spacial score (nSPS) is 15.8. The van der Waals surface area contributed by atoms with Crippen molar-refractivity contribution in [1.29, 1.82) is 0 Å². The van der Waals surface area contributed by atoms with Crippen LogP contribution in [0.3, 0.4) is 0 Å². The van der Waals surface area contributed by atoms with E-state index in [1.54, 1.807) is 0 Å². The van der Waals surface area contributed by atoms with E-state index < -0.39 is 10.8 Å². The predicted octanol–water partition coefficient (Wildman–Crippen LogP) is 19.8. The summed E-state index contributed by atoms with van der Waals surface area (Å²) in [4.78, 5) is 5.22. The number of para-hydroxylation sites is 2. The van der Waals surface area contributed by atoms with Gasteiger partial charge in [-0.25, -0.2) is 0 Å². The molecule has 0 N–H and O–H groups in total. The SMILES string of the molecule is CC1(C)c2ccccc2-c2cc3c(cc21)N(c1cccc2c(N4c5ccccc5C(c5ccccc5)(c5ccccc5)c5cc6c(cc54)C(C)(C)c4ccccc4-6)cccc12)c1ccccc1C3(c1ccccc1)c1ccccc1. The Hall–Kier alpha value is -9.50. The lowest BCUT2D eigenvalue weighted by atomic mass is 9.61. The van der Waals surface area contributed by atoms with Crippen molar-refractivity contribution in [1.82, 2.24) is 0 Å². The molecule has 0 aromatic heterocycles. The van der Waals surface area contributed by atoms with Crippen molar-refractivity contribution in [2.24, 2.45) is 0 Å². The van der Waals surface area contributed by atoms with Crippen LogP contribution in [0.5, 0.6) is 0 Å². The number of rotatable bonds is 6. The molecule has 0 fully saturated rings. The van der Waals surface area contributed by atoms with E-state index in [1.165, 1.54) is 123 Å². The molecule has 0 unspecified atom stereocenters. The molecule has 80 heavy (non-hydrogen) atoms. The van der Waals surface area contributed by atoms with Crippen LogP contribution in [0.1, 0.15) is 94.5 Å². The van der Waals surface area contributed by atoms with Crippen molar-refractivity contribution >= 4 is 44.9 Å². The molecule has 0 atom stereocenters. The second kappa shape index (κ2) is 17.0. The third-order valence-electron chi connectivity index (χ3n) is 19.0. The molecule has 0 radical (unpaired) electrons. The molecular weight excluding hydrogens is 965 g/mol. The van der Waals surface area contributed by atoms with Crippen molar-refractivity contribution < 1.29 is 0 Å². The topological polar surface area (TPSA) is 6.48 Å². The van der Waals surface area contributed by atoms with Gasteiger partial charge in [-0.3, -0.25) is 0 Å². The van der Waals surface area contributed by atoms with E-state index in [2.05, 4.69) is 317 Å². The first-order chi connectivity index (χ1) is 39.2. The van der Waals surface area contributed by atoms with Crippen LogP contribution in [-0.4, -0.2) is 0 Å². The average Bonchev–Trinajstić information content (AvgIpc) is 3.39. The van der Waals surface area contributed by atoms with Crippen molar-refractivity contribution in [3.8, 4) is 22.3 Å². The molecule has 0 spiro atoms. The lowest BCUT2D eigenvalue weighted by Gasteiger charge is -2.48. The van der Waals surface area contributed by atoms with Gasteiger partial charge in [-0.2, -0.15) is 0 Å². The van der Waals surface area contributed by atoms with E-state index in [-0.39, 0.29) is 10.8 Å². The predicted molar refractivity (Wildman–Crippen MR) is 332 cm³/mol. The zero-order chi connectivity index (χ0) is 53.5. The van der Waals surface area contributed by atoms with Gasteiger partial charge in [-0.1, -0.05) is 258 Å². The Labute approximate surface area is 469 Å². The summed E-state index contributed by atoms with van der Waals surface area (Å²) in [5, 5.41) is 2.35. The Morgan fingerprint density at radius 3 is 0.875 bits per heavy atom. The molecule has 2 aliphatic carbocycles. The van der Waals surface area contributed by atoms with Crippen LogP contribution in [0.25, 0.3) is 33.0 Å². The second-order valence-electron chi connectivity index (χ2n) is 23.5. The van der Waals surface area contributed by atoms with E-state index in [0.29, 0.717) is 0 Å². The monoisotopic (exact) mass is 1020 g/mol. The van der Waals surface area contributed by atoms with Gasteiger partial charge in [0, 0.05) is 21.6 Å². The van der Waals surface area contributed by atoms with E-state index in [4.69, 9.17) is 0 Å². The highest BCUT2D eigenvalue weighted by molar-refractivity contribution is 6.10. The van der Waals surface area contributed by atoms with E-state index in [1.807, 2.05) is 0 Å². The molecule has 0 saturated carbocycles. The Morgan fingerprint density at radius 1 is 0.212 bits per heavy atom. The number of hydrogen-bond acceptors (Lipinski definition) is 2. The zero-order valence-electron chi connectivity index (χ0n) is 45.5. The number of fused-ring (bicyclic) bond motifs is 11. The minimum absolute atomic E-state index is 0.225. The number of hydrogen-bond donors (Lipinski definition) is 0. The third-order valence-corrected chi connectivity index (χ3v) is 19.0. The molecular formula is C78H58N2. The highest BCUT2D eigenvalue weighted by Crippen LogP contribution is 2.64. The summed E-state index contributed by atoms with van der Waals surface area (Å²) in [7, 11) is 0. The Balaban J connectivity index is 0.992. The van der Waals surface area contributed by atoms with Gasteiger partial charge in [0.15, 0.2) is 0 Å². The van der Waals surface area contributed by atoms with E-state index >= 15 is 0 Å². The highest BCUT2D eigenvalue weighted by atomic mass is 15.2. The van der Waals surface area contributed by atoms with Gasteiger partial charge in [0.1, 0.15) is 0 Å². The minimum Gasteiger partial charge on any atom is -0.309 e. The Kier molecular flexibility index (Phi) is 9.90.